The normalized spacial score (nSPS) is 10.8. The fourth-order valence-corrected chi connectivity index (χ4v) is 1.86. The summed E-state index contributed by atoms with van der Waals surface area (Å²) in [5, 5.41) is 0. The number of aromatic amines is 1. The minimum Gasteiger partial charge on any atom is -0.481 e. The summed E-state index contributed by atoms with van der Waals surface area (Å²) in [7, 11) is 1.58. The van der Waals surface area contributed by atoms with Crippen LogP contribution in [0.4, 0.5) is 0 Å². The summed E-state index contributed by atoms with van der Waals surface area (Å²) in [5.41, 5.74) is 8.84. The Hall–Kier alpha value is -2.47. The summed E-state index contributed by atoms with van der Waals surface area (Å²) in [5.74, 6) is 1.29. The number of nitrogens with two attached hydrogens (primary N) is 1. The Balaban J connectivity index is 2.09. The number of H-pyrrole nitrogens is 1. The number of hydrogen-bond donors (Lipinski definition) is 2. The molecule has 0 aromatic carbocycles. The first-order valence-corrected chi connectivity index (χ1v) is 5.86. The molecule has 0 atom stereocenters. The second kappa shape index (κ2) is 4.66. The van der Waals surface area contributed by atoms with Gasteiger partial charge in [-0.2, -0.15) is 4.98 Å². The summed E-state index contributed by atoms with van der Waals surface area (Å²) < 4.78 is 5.08. The van der Waals surface area contributed by atoms with Crippen molar-refractivity contribution >= 4 is 11.2 Å². The second-order valence-corrected chi connectivity index (χ2v) is 4.05. The molecule has 0 aliphatic carbocycles. The van der Waals surface area contributed by atoms with E-state index in [0.717, 1.165) is 22.6 Å². The molecule has 19 heavy (non-hydrogen) atoms. The van der Waals surface area contributed by atoms with Crippen LogP contribution in [0, 0.1) is 0 Å². The van der Waals surface area contributed by atoms with Crippen molar-refractivity contribution in [3.05, 3.63) is 36.2 Å². The first-order chi connectivity index (χ1) is 9.30. The molecule has 6 heteroatoms. The van der Waals surface area contributed by atoms with Crippen molar-refractivity contribution in [1.29, 1.82) is 0 Å². The molecule has 0 amide bonds. The Morgan fingerprint density at radius 1 is 1.26 bits per heavy atom. The van der Waals surface area contributed by atoms with E-state index in [2.05, 4.69) is 19.9 Å². The number of hydrogen-bond acceptors (Lipinski definition) is 5. The van der Waals surface area contributed by atoms with E-state index in [-0.39, 0.29) is 0 Å². The number of rotatable bonds is 3. The molecule has 0 radical (unpaired) electrons. The van der Waals surface area contributed by atoms with Crippen LogP contribution in [0.2, 0.25) is 0 Å². The SMILES string of the molecule is COc1ccc2[nH]c(-c3ccnc(CN)c3)nc2n1. The highest BCUT2D eigenvalue weighted by atomic mass is 16.5. The van der Waals surface area contributed by atoms with Gasteiger partial charge in [-0.3, -0.25) is 4.98 Å². The third kappa shape index (κ3) is 2.13. The predicted molar refractivity (Wildman–Crippen MR) is 71.6 cm³/mol. The van der Waals surface area contributed by atoms with Gasteiger partial charge in [-0.05, 0) is 18.2 Å². The summed E-state index contributed by atoms with van der Waals surface area (Å²) in [6, 6.07) is 7.48. The molecule has 0 saturated heterocycles. The van der Waals surface area contributed by atoms with Crippen LogP contribution >= 0.6 is 0 Å². The molecule has 96 valence electrons. The molecule has 0 unspecified atom stereocenters. The van der Waals surface area contributed by atoms with Crippen molar-refractivity contribution < 1.29 is 4.74 Å². The minimum atomic E-state index is 0.403. The van der Waals surface area contributed by atoms with Gasteiger partial charge in [0.05, 0.1) is 18.3 Å². The van der Waals surface area contributed by atoms with Crippen molar-refractivity contribution in [2.45, 2.75) is 6.54 Å². The van der Waals surface area contributed by atoms with Crippen LogP contribution in [0.15, 0.2) is 30.5 Å². The van der Waals surface area contributed by atoms with E-state index in [1.54, 1.807) is 19.4 Å². The number of aromatic nitrogens is 4. The molecular weight excluding hydrogens is 242 g/mol. The monoisotopic (exact) mass is 255 g/mol. The highest BCUT2D eigenvalue weighted by Crippen LogP contribution is 2.21. The van der Waals surface area contributed by atoms with E-state index >= 15 is 0 Å². The number of nitrogens with zero attached hydrogens (tertiary/aromatic N) is 3. The van der Waals surface area contributed by atoms with E-state index in [1.807, 2.05) is 18.2 Å². The summed E-state index contributed by atoms with van der Waals surface area (Å²) in [4.78, 5) is 16.1. The van der Waals surface area contributed by atoms with Crippen LogP contribution in [-0.2, 0) is 6.54 Å². The maximum atomic E-state index is 5.59. The van der Waals surface area contributed by atoms with Gasteiger partial charge in [0.15, 0.2) is 5.65 Å². The van der Waals surface area contributed by atoms with Crippen molar-refractivity contribution in [3.63, 3.8) is 0 Å². The van der Waals surface area contributed by atoms with Crippen LogP contribution in [0.1, 0.15) is 5.69 Å². The van der Waals surface area contributed by atoms with Crippen molar-refractivity contribution in [3.8, 4) is 17.3 Å². The van der Waals surface area contributed by atoms with Gasteiger partial charge in [0.2, 0.25) is 5.88 Å². The maximum absolute atomic E-state index is 5.59. The van der Waals surface area contributed by atoms with E-state index in [1.165, 1.54) is 0 Å². The molecule has 6 nitrogen and oxygen atoms in total. The first-order valence-electron chi connectivity index (χ1n) is 5.86. The van der Waals surface area contributed by atoms with Crippen LogP contribution < -0.4 is 10.5 Å². The third-order valence-electron chi connectivity index (χ3n) is 2.83. The Labute approximate surface area is 109 Å². The van der Waals surface area contributed by atoms with E-state index in [0.29, 0.717) is 18.1 Å². The Kier molecular flexibility index (Phi) is 2.85. The summed E-state index contributed by atoms with van der Waals surface area (Å²) in [6.07, 6.45) is 1.72. The molecule has 3 aromatic heterocycles. The molecule has 3 aromatic rings. The van der Waals surface area contributed by atoms with Gasteiger partial charge in [-0.15, -0.1) is 0 Å². The van der Waals surface area contributed by atoms with Gasteiger partial charge < -0.3 is 15.5 Å². The number of imidazole rings is 1. The first kappa shape index (κ1) is 11.6. The van der Waals surface area contributed by atoms with Crippen molar-refractivity contribution in [1.82, 2.24) is 19.9 Å². The standard InChI is InChI=1S/C13H13N5O/c1-19-11-3-2-10-13(17-11)18-12(16-10)8-4-5-15-9(6-8)7-14/h2-6H,7,14H2,1H3,(H,16,17,18). The molecule has 3 heterocycles. The topological polar surface area (TPSA) is 89.7 Å². The van der Waals surface area contributed by atoms with Crippen molar-refractivity contribution in [2.24, 2.45) is 5.73 Å². The van der Waals surface area contributed by atoms with Gasteiger partial charge in [-0.25, -0.2) is 4.98 Å². The highest BCUT2D eigenvalue weighted by molar-refractivity contribution is 5.76. The molecule has 0 aliphatic rings. The lowest BCUT2D eigenvalue weighted by Crippen LogP contribution is -1.99. The molecule has 0 bridgehead atoms. The number of fused-ring (bicyclic) bond motifs is 1. The molecule has 0 saturated carbocycles. The van der Waals surface area contributed by atoms with E-state index in [4.69, 9.17) is 10.5 Å². The Morgan fingerprint density at radius 2 is 2.16 bits per heavy atom. The predicted octanol–water partition coefficient (Wildman–Crippen LogP) is 1.49. The van der Waals surface area contributed by atoms with Gasteiger partial charge in [0.25, 0.3) is 0 Å². The van der Waals surface area contributed by atoms with Crippen LogP contribution in [0.25, 0.3) is 22.6 Å². The third-order valence-corrected chi connectivity index (χ3v) is 2.83. The van der Waals surface area contributed by atoms with Crippen LogP contribution in [0.5, 0.6) is 5.88 Å². The zero-order valence-electron chi connectivity index (χ0n) is 10.4. The lowest BCUT2D eigenvalue weighted by Gasteiger charge is -1.98. The number of pyridine rings is 2. The van der Waals surface area contributed by atoms with Crippen molar-refractivity contribution in [2.75, 3.05) is 7.11 Å². The molecule has 3 N–H and O–H groups in total. The highest BCUT2D eigenvalue weighted by Gasteiger charge is 2.08. The van der Waals surface area contributed by atoms with E-state index < -0.39 is 0 Å². The number of nitrogens with one attached hydrogen (secondary N) is 1. The zero-order valence-corrected chi connectivity index (χ0v) is 10.4. The quantitative estimate of drug-likeness (QED) is 0.740. The zero-order chi connectivity index (χ0) is 13.2. The molecule has 0 spiro atoms. The lowest BCUT2D eigenvalue weighted by molar-refractivity contribution is 0.399. The summed E-state index contributed by atoms with van der Waals surface area (Å²) >= 11 is 0. The Morgan fingerprint density at radius 3 is 2.95 bits per heavy atom. The summed E-state index contributed by atoms with van der Waals surface area (Å²) in [6.45, 7) is 0.403. The van der Waals surface area contributed by atoms with Gasteiger partial charge >= 0.3 is 0 Å². The minimum absolute atomic E-state index is 0.403. The van der Waals surface area contributed by atoms with E-state index in [9.17, 15) is 0 Å². The smallest absolute Gasteiger partial charge is 0.215 e. The fraction of sp³-hybridized carbons (Fsp3) is 0.154. The molecule has 0 fully saturated rings. The van der Waals surface area contributed by atoms with Gasteiger partial charge in [0.1, 0.15) is 5.82 Å². The van der Waals surface area contributed by atoms with Crippen LogP contribution in [0.3, 0.4) is 0 Å². The van der Waals surface area contributed by atoms with Gasteiger partial charge in [-0.1, -0.05) is 0 Å². The number of methoxy groups -OCH3 is 1. The Bertz CT molecular complexity index is 722. The van der Waals surface area contributed by atoms with Crippen LogP contribution in [-0.4, -0.2) is 27.0 Å². The molecule has 0 aliphatic heterocycles. The lowest BCUT2D eigenvalue weighted by atomic mass is 10.2. The number of ether oxygens (including phenoxy) is 1. The second-order valence-electron chi connectivity index (χ2n) is 4.05. The van der Waals surface area contributed by atoms with Gasteiger partial charge in [0, 0.05) is 24.4 Å². The fourth-order valence-electron chi connectivity index (χ4n) is 1.86. The average molecular weight is 255 g/mol. The maximum Gasteiger partial charge on any atom is 0.215 e. The largest absolute Gasteiger partial charge is 0.481 e. The average Bonchev–Trinajstić information content (AvgIpc) is 2.90. The molecule has 3 rings (SSSR count). The molecular formula is C13H13N5O.